The van der Waals surface area contributed by atoms with Gasteiger partial charge in [-0.3, -0.25) is 4.79 Å². The van der Waals surface area contributed by atoms with Gasteiger partial charge in [0.1, 0.15) is 5.78 Å². The van der Waals surface area contributed by atoms with Crippen molar-refractivity contribution < 1.29 is 4.79 Å². The van der Waals surface area contributed by atoms with Crippen molar-refractivity contribution in [2.75, 3.05) is 6.54 Å². The highest BCUT2D eigenvalue weighted by Crippen LogP contribution is 2.33. The van der Waals surface area contributed by atoms with E-state index >= 15 is 0 Å². The van der Waals surface area contributed by atoms with E-state index in [1.807, 2.05) is 0 Å². The smallest absolute Gasteiger partial charge is 0.133 e. The Morgan fingerprint density at radius 1 is 1.22 bits per heavy atom. The van der Waals surface area contributed by atoms with Crippen LogP contribution in [0.15, 0.2) is 36.0 Å². The number of hydrogen-bond acceptors (Lipinski definition) is 2. The second-order valence-corrected chi connectivity index (χ2v) is 5.56. The van der Waals surface area contributed by atoms with Gasteiger partial charge in [-0.25, -0.2) is 0 Å². The number of carbonyl (C=O) groups is 1. The van der Waals surface area contributed by atoms with Crippen LogP contribution in [0.3, 0.4) is 0 Å². The number of carbonyl (C=O) groups excluding carboxylic acids is 1. The predicted molar refractivity (Wildman–Crippen MR) is 72.0 cm³/mol. The normalized spacial score (nSPS) is 22.9. The Balaban J connectivity index is 1.67. The number of Topliss-reactive ketones (excluding diaryl/α,β-unsaturated/α-hetero) is 1. The first-order valence-corrected chi connectivity index (χ1v) is 6.72. The first-order valence-electron chi connectivity index (χ1n) is 6.72. The Morgan fingerprint density at radius 3 is 2.78 bits per heavy atom. The van der Waals surface area contributed by atoms with Crippen molar-refractivity contribution in [3.63, 3.8) is 0 Å². The standard InChI is InChI=1S/C16H19NO/c1-12-2-4-13(5-3-12)9-17-10-14-6-7-16(18)8-15(14)11-17/h2-5,10,15H,6-9,11H2,1H3. The highest BCUT2D eigenvalue weighted by Gasteiger charge is 2.30. The largest absolute Gasteiger partial charge is 0.372 e. The number of aryl methyl sites for hydroxylation is 1. The average Bonchev–Trinajstić information content (AvgIpc) is 2.73. The molecule has 0 spiro atoms. The molecular weight excluding hydrogens is 222 g/mol. The number of hydrogen-bond donors (Lipinski definition) is 0. The number of benzene rings is 1. The van der Waals surface area contributed by atoms with Gasteiger partial charge < -0.3 is 4.90 Å². The minimum atomic E-state index is 0.439. The summed E-state index contributed by atoms with van der Waals surface area (Å²) >= 11 is 0. The zero-order valence-corrected chi connectivity index (χ0v) is 10.9. The minimum Gasteiger partial charge on any atom is -0.372 e. The van der Waals surface area contributed by atoms with Gasteiger partial charge in [0.05, 0.1) is 0 Å². The lowest BCUT2D eigenvalue weighted by Crippen LogP contribution is -2.22. The Labute approximate surface area is 108 Å². The van der Waals surface area contributed by atoms with Crippen LogP contribution in [-0.4, -0.2) is 17.2 Å². The maximum Gasteiger partial charge on any atom is 0.133 e. The fourth-order valence-electron chi connectivity index (χ4n) is 2.96. The monoisotopic (exact) mass is 241 g/mol. The van der Waals surface area contributed by atoms with Crippen LogP contribution in [0.25, 0.3) is 0 Å². The molecule has 3 rings (SSSR count). The molecule has 1 saturated carbocycles. The van der Waals surface area contributed by atoms with Crippen LogP contribution >= 0.6 is 0 Å². The molecule has 0 saturated heterocycles. The Morgan fingerprint density at radius 2 is 2.00 bits per heavy atom. The van der Waals surface area contributed by atoms with Gasteiger partial charge in [-0.1, -0.05) is 29.8 Å². The van der Waals surface area contributed by atoms with Crippen molar-refractivity contribution in [1.82, 2.24) is 4.90 Å². The van der Waals surface area contributed by atoms with Crippen LogP contribution < -0.4 is 0 Å². The third-order valence-corrected chi connectivity index (χ3v) is 4.00. The molecule has 2 nitrogen and oxygen atoms in total. The van der Waals surface area contributed by atoms with Crippen molar-refractivity contribution in [2.45, 2.75) is 32.7 Å². The molecule has 18 heavy (non-hydrogen) atoms. The van der Waals surface area contributed by atoms with Crippen molar-refractivity contribution in [3.8, 4) is 0 Å². The zero-order chi connectivity index (χ0) is 12.5. The van der Waals surface area contributed by atoms with E-state index in [9.17, 15) is 4.79 Å². The molecule has 2 heteroatoms. The fourth-order valence-corrected chi connectivity index (χ4v) is 2.96. The quantitative estimate of drug-likeness (QED) is 0.793. The van der Waals surface area contributed by atoms with E-state index in [-0.39, 0.29) is 0 Å². The first-order chi connectivity index (χ1) is 8.70. The molecule has 2 aliphatic rings. The van der Waals surface area contributed by atoms with E-state index in [0.29, 0.717) is 11.7 Å². The first kappa shape index (κ1) is 11.5. The van der Waals surface area contributed by atoms with E-state index in [0.717, 1.165) is 32.4 Å². The van der Waals surface area contributed by atoms with E-state index < -0.39 is 0 Å². The van der Waals surface area contributed by atoms with Gasteiger partial charge in [0, 0.05) is 31.8 Å². The summed E-state index contributed by atoms with van der Waals surface area (Å²) in [7, 11) is 0. The van der Waals surface area contributed by atoms with Gasteiger partial charge >= 0.3 is 0 Å². The molecule has 1 aromatic carbocycles. The lowest BCUT2D eigenvalue weighted by Gasteiger charge is -2.20. The highest BCUT2D eigenvalue weighted by atomic mass is 16.1. The maximum atomic E-state index is 11.5. The SMILES string of the molecule is Cc1ccc(CN2C=C3CCC(=O)CC3C2)cc1. The number of nitrogens with zero attached hydrogens (tertiary/aromatic N) is 1. The minimum absolute atomic E-state index is 0.439. The molecule has 1 atom stereocenters. The fraction of sp³-hybridized carbons (Fsp3) is 0.438. The summed E-state index contributed by atoms with van der Waals surface area (Å²) in [5.41, 5.74) is 4.14. The summed E-state index contributed by atoms with van der Waals surface area (Å²) in [6.45, 7) is 4.10. The summed E-state index contributed by atoms with van der Waals surface area (Å²) in [6, 6.07) is 8.71. The van der Waals surface area contributed by atoms with Gasteiger partial charge in [0.15, 0.2) is 0 Å². The Kier molecular flexibility index (Phi) is 2.94. The van der Waals surface area contributed by atoms with Crippen LogP contribution in [0.1, 0.15) is 30.4 Å². The summed E-state index contributed by atoms with van der Waals surface area (Å²) in [6.07, 6.45) is 4.78. The molecule has 0 amide bonds. The van der Waals surface area contributed by atoms with Crippen molar-refractivity contribution in [3.05, 3.63) is 47.2 Å². The van der Waals surface area contributed by atoms with Crippen molar-refractivity contribution in [2.24, 2.45) is 5.92 Å². The van der Waals surface area contributed by atoms with Crippen LogP contribution in [0, 0.1) is 12.8 Å². The maximum absolute atomic E-state index is 11.5. The average molecular weight is 241 g/mol. The second kappa shape index (κ2) is 4.60. The second-order valence-electron chi connectivity index (χ2n) is 5.56. The highest BCUT2D eigenvalue weighted by molar-refractivity contribution is 5.80. The van der Waals surface area contributed by atoms with Crippen LogP contribution in [0.2, 0.25) is 0 Å². The van der Waals surface area contributed by atoms with Gasteiger partial charge in [-0.05, 0) is 30.7 Å². The molecule has 0 aromatic heterocycles. The molecule has 1 aliphatic carbocycles. The van der Waals surface area contributed by atoms with E-state index in [4.69, 9.17) is 0 Å². The van der Waals surface area contributed by atoms with Crippen molar-refractivity contribution in [1.29, 1.82) is 0 Å². The number of rotatable bonds is 2. The molecular formula is C16H19NO. The number of fused-ring (bicyclic) bond motifs is 1. The molecule has 1 unspecified atom stereocenters. The predicted octanol–water partition coefficient (Wildman–Crippen LogP) is 3.06. The lowest BCUT2D eigenvalue weighted by molar-refractivity contribution is -0.120. The van der Waals surface area contributed by atoms with Gasteiger partial charge in [-0.15, -0.1) is 0 Å². The van der Waals surface area contributed by atoms with Crippen molar-refractivity contribution >= 4 is 5.78 Å². The molecule has 1 aliphatic heterocycles. The molecule has 0 radical (unpaired) electrons. The zero-order valence-electron chi connectivity index (χ0n) is 10.9. The summed E-state index contributed by atoms with van der Waals surface area (Å²) in [5, 5.41) is 0. The van der Waals surface area contributed by atoms with E-state index in [2.05, 4.69) is 42.3 Å². The van der Waals surface area contributed by atoms with Crippen LogP contribution in [0.5, 0.6) is 0 Å². The molecule has 1 aromatic rings. The van der Waals surface area contributed by atoms with Gasteiger partial charge in [0.2, 0.25) is 0 Å². The number of ketones is 1. The Bertz CT molecular complexity index is 486. The van der Waals surface area contributed by atoms with E-state index in [1.54, 1.807) is 0 Å². The molecule has 0 N–H and O–H groups in total. The summed E-state index contributed by atoms with van der Waals surface area (Å²) < 4.78 is 0. The van der Waals surface area contributed by atoms with E-state index in [1.165, 1.54) is 16.7 Å². The molecule has 94 valence electrons. The summed E-state index contributed by atoms with van der Waals surface area (Å²) in [4.78, 5) is 13.8. The van der Waals surface area contributed by atoms with Gasteiger partial charge in [-0.2, -0.15) is 0 Å². The Hall–Kier alpha value is -1.57. The van der Waals surface area contributed by atoms with Crippen LogP contribution in [-0.2, 0) is 11.3 Å². The summed E-state index contributed by atoms with van der Waals surface area (Å²) in [5.74, 6) is 0.936. The lowest BCUT2D eigenvalue weighted by atomic mass is 9.86. The van der Waals surface area contributed by atoms with Gasteiger partial charge in [0.25, 0.3) is 0 Å². The molecule has 0 bridgehead atoms. The topological polar surface area (TPSA) is 20.3 Å². The molecule has 1 heterocycles. The van der Waals surface area contributed by atoms with Crippen LogP contribution in [0.4, 0.5) is 0 Å². The third kappa shape index (κ3) is 2.33. The molecule has 1 fully saturated rings. The third-order valence-electron chi connectivity index (χ3n) is 4.00.